The minimum Gasteiger partial charge on any atom is -0.376 e. The lowest BCUT2D eigenvalue weighted by Crippen LogP contribution is -2.09. The smallest absolute Gasteiger partial charge is 0.0753 e. The van der Waals surface area contributed by atoms with Gasteiger partial charge < -0.3 is 4.74 Å². The molecule has 0 spiro atoms. The van der Waals surface area contributed by atoms with Crippen LogP contribution in [-0.2, 0) is 24.2 Å². The van der Waals surface area contributed by atoms with Crippen molar-refractivity contribution in [2.24, 2.45) is 0 Å². The summed E-state index contributed by atoms with van der Waals surface area (Å²) in [7, 11) is 0. The third-order valence-corrected chi connectivity index (χ3v) is 2.12. The van der Waals surface area contributed by atoms with Crippen LogP contribution in [0.2, 0.25) is 0 Å². The number of aromatic amines is 1. The van der Waals surface area contributed by atoms with Crippen molar-refractivity contribution in [3.05, 3.63) is 17.0 Å². The monoisotopic (exact) mass is 152 g/mol. The third-order valence-electron chi connectivity index (χ3n) is 2.12. The summed E-state index contributed by atoms with van der Waals surface area (Å²) >= 11 is 0. The van der Waals surface area contributed by atoms with Crippen molar-refractivity contribution in [2.45, 2.75) is 26.4 Å². The van der Waals surface area contributed by atoms with Crippen LogP contribution in [0.5, 0.6) is 0 Å². The van der Waals surface area contributed by atoms with E-state index in [1.165, 1.54) is 17.0 Å². The Morgan fingerprint density at radius 1 is 1.64 bits per heavy atom. The van der Waals surface area contributed by atoms with Gasteiger partial charge in [-0.2, -0.15) is 5.10 Å². The van der Waals surface area contributed by atoms with E-state index in [1.54, 1.807) is 0 Å². The van der Waals surface area contributed by atoms with Crippen molar-refractivity contribution < 1.29 is 4.74 Å². The van der Waals surface area contributed by atoms with Gasteiger partial charge in [0.1, 0.15) is 0 Å². The van der Waals surface area contributed by atoms with Crippen LogP contribution >= 0.6 is 0 Å². The normalized spacial score (nSPS) is 16.5. The summed E-state index contributed by atoms with van der Waals surface area (Å²) in [5, 5.41) is 7.26. The average Bonchev–Trinajstić information content (AvgIpc) is 2.47. The lowest BCUT2D eigenvalue weighted by atomic mass is 10.1. The number of hydrogen-bond donors (Lipinski definition) is 1. The largest absolute Gasteiger partial charge is 0.376 e. The predicted octanol–water partition coefficient (Wildman–Crippen LogP) is 1.04. The molecule has 11 heavy (non-hydrogen) atoms. The van der Waals surface area contributed by atoms with E-state index < -0.39 is 0 Å². The summed E-state index contributed by atoms with van der Waals surface area (Å²) in [5.74, 6) is 0. The number of H-pyrrole nitrogens is 1. The average molecular weight is 152 g/mol. The fraction of sp³-hybridized carbons (Fsp3) is 0.625. The molecule has 1 N–H and O–H groups in total. The van der Waals surface area contributed by atoms with Crippen LogP contribution in [0.3, 0.4) is 0 Å². The van der Waals surface area contributed by atoms with E-state index in [-0.39, 0.29) is 0 Å². The second-order valence-corrected chi connectivity index (χ2v) is 2.78. The van der Waals surface area contributed by atoms with Gasteiger partial charge in [0.15, 0.2) is 0 Å². The Morgan fingerprint density at radius 2 is 2.55 bits per heavy atom. The Labute approximate surface area is 65.8 Å². The zero-order chi connectivity index (χ0) is 7.68. The first kappa shape index (κ1) is 6.85. The first-order chi connectivity index (χ1) is 5.42. The molecule has 2 rings (SSSR count). The fourth-order valence-electron chi connectivity index (χ4n) is 1.46. The van der Waals surface area contributed by atoms with Crippen molar-refractivity contribution in [1.82, 2.24) is 10.2 Å². The molecule has 2 heterocycles. The van der Waals surface area contributed by atoms with Crippen LogP contribution in [0.25, 0.3) is 0 Å². The van der Waals surface area contributed by atoms with E-state index in [2.05, 4.69) is 17.1 Å². The fourth-order valence-corrected chi connectivity index (χ4v) is 1.46. The van der Waals surface area contributed by atoms with E-state index in [1.807, 2.05) is 0 Å². The Kier molecular flexibility index (Phi) is 1.66. The lowest BCUT2D eigenvalue weighted by Gasteiger charge is -2.11. The number of hydrogen-bond acceptors (Lipinski definition) is 2. The predicted molar refractivity (Wildman–Crippen MR) is 41.3 cm³/mol. The highest BCUT2D eigenvalue weighted by Gasteiger charge is 2.15. The van der Waals surface area contributed by atoms with Crippen LogP contribution < -0.4 is 0 Å². The summed E-state index contributed by atoms with van der Waals surface area (Å²) in [5.41, 5.74) is 3.73. The van der Waals surface area contributed by atoms with Gasteiger partial charge in [-0.3, -0.25) is 5.10 Å². The number of aromatic nitrogens is 2. The van der Waals surface area contributed by atoms with Gasteiger partial charge in [0.2, 0.25) is 0 Å². The van der Waals surface area contributed by atoms with Crippen LogP contribution in [0.4, 0.5) is 0 Å². The van der Waals surface area contributed by atoms with Crippen LogP contribution in [0, 0.1) is 0 Å². The number of nitrogens with one attached hydrogen (secondary N) is 1. The molecule has 0 aliphatic carbocycles. The zero-order valence-corrected chi connectivity index (χ0v) is 6.68. The minimum atomic E-state index is 0.745. The maximum Gasteiger partial charge on any atom is 0.0753 e. The molecule has 1 aliphatic rings. The highest BCUT2D eigenvalue weighted by atomic mass is 16.5. The molecule has 0 bridgehead atoms. The highest BCUT2D eigenvalue weighted by molar-refractivity contribution is 5.25. The molecule has 0 aromatic carbocycles. The van der Waals surface area contributed by atoms with E-state index in [9.17, 15) is 0 Å². The SMILES string of the molecule is CCc1n[nH]c2c1COCC2. The Balaban J connectivity index is 2.38. The molecule has 3 nitrogen and oxygen atoms in total. The van der Waals surface area contributed by atoms with Crippen molar-refractivity contribution in [1.29, 1.82) is 0 Å². The molecule has 3 heteroatoms. The Bertz CT molecular complexity index is 241. The topological polar surface area (TPSA) is 37.9 Å². The molecule has 0 atom stereocenters. The van der Waals surface area contributed by atoms with E-state index in [0.717, 1.165) is 26.1 Å². The maximum absolute atomic E-state index is 5.34. The molecule has 1 aromatic heterocycles. The van der Waals surface area contributed by atoms with Gasteiger partial charge in [0, 0.05) is 17.7 Å². The van der Waals surface area contributed by atoms with Crippen molar-refractivity contribution in [3.8, 4) is 0 Å². The van der Waals surface area contributed by atoms with Crippen molar-refractivity contribution in [3.63, 3.8) is 0 Å². The zero-order valence-electron chi connectivity index (χ0n) is 6.68. The number of aryl methyl sites for hydroxylation is 1. The van der Waals surface area contributed by atoms with Gasteiger partial charge in [-0.25, -0.2) is 0 Å². The molecule has 0 unspecified atom stereocenters. The Morgan fingerprint density at radius 3 is 3.36 bits per heavy atom. The second-order valence-electron chi connectivity index (χ2n) is 2.78. The quantitative estimate of drug-likeness (QED) is 0.653. The van der Waals surface area contributed by atoms with Crippen LogP contribution in [0.1, 0.15) is 23.9 Å². The minimum absolute atomic E-state index is 0.745. The van der Waals surface area contributed by atoms with Gasteiger partial charge in [-0.15, -0.1) is 0 Å². The van der Waals surface area contributed by atoms with Gasteiger partial charge >= 0.3 is 0 Å². The maximum atomic E-state index is 5.34. The first-order valence-corrected chi connectivity index (χ1v) is 4.04. The summed E-state index contributed by atoms with van der Waals surface area (Å²) < 4.78 is 5.34. The van der Waals surface area contributed by atoms with Gasteiger partial charge in [0.25, 0.3) is 0 Å². The summed E-state index contributed by atoms with van der Waals surface area (Å²) in [6.45, 7) is 3.69. The molecule has 1 aliphatic heterocycles. The van der Waals surface area contributed by atoms with Gasteiger partial charge in [-0.05, 0) is 6.42 Å². The van der Waals surface area contributed by atoms with E-state index in [0.29, 0.717) is 0 Å². The van der Waals surface area contributed by atoms with E-state index in [4.69, 9.17) is 4.74 Å². The second kappa shape index (κ2) is 2.66. The standard InChI is InChI=1S/C8H12N2O/c1-2-7-6-5-11-4-3-8(6)10-9-7/h2-5H2,1H3,(H,9,10). The summed E-state index contributed by atoms with van der Waals surface area (Å²) in [4.78, 5) is 0. The third kappa shape index (κ3) is 1.05. The van der Waals surface area contributed by atoms with Crippen molar-refractivity contribution in [2.75, 3.05) is 6.61 Å². The summed E-state index contributed by atoms with van der Waals surface area (Å²) in [6.07, 6.45) is 1.98. The molecule has 0 amide bonds. The molecule has 1 aromatic rings. The number of fused-ring (bicyclic) bond motifs is 1. The molecule has 0 radical (unpaired) electrons. The number of nitrogens with zero attached hydrogens (tertiary/aromatic N) is 1. The summed E-state index contributed by atoms with van der Waals surface area (Å²) in [6, 6.07) is 0. The molecule has 0 fully saturated rings. The van der Waals surface area contributed by atoms with Gasteiger partial charge in [0.05, 0.1) is 18.9 Å². The number of rotatable bonds is 1. The van der Waals surface area contributed by atoms with Crippen LogP contribution in [-0.4, -0.2) is 16.8 Å². The van der Waals surface area contributed by atoms with Crippen molar-refractivity contribution >= 4 is 0 Å². The molecule has 60 valence electrons. The highest BCUT2D eigenvalue weighted by Crippen LogP contribution is 2.17. The molecule has 0 saturated carbocycles. The molecular weight excluding hydrogens is 140 g/mol. The Hall–Kier alpha value is -0.830. The first-order valence-electron chi connectivity index (χ1n) is 4.04. The molecule has 0 saturated heterocycles. The van der Waals surface area contributed by atoms with Gasteiger partial charge in [-0.1, -0.05) is 6.92 Å². The lowest BCUT2D eigenvalue weighted by molar-refractivity contribution is 0.109. The number of ether oxygens (including phenoxy) is 1. The van der Waals surface area contributed by atoms with E-state index >= 15 is 0 Å². The van der Waals surface area contributed by atoms with Crippen LogP contribution in [0.15, 0.2) is 0 Å². The molecular formula is C8H12N2O.